The summed E-state index contributed by atoms with van der Waals surface area (Å²) in [4.78, 5) is 21.0. The fourth-order valence-electron chi connectivity index (χ4n) is 3.11. The highest BCUT2D eigenvalue weighted by atomic mass is 16.2. The Labute approximate surface area is 119 Å². The van der Waals surface area contributed by atoms with Crippen molar-refractivity contribution in [3.05, 3.63) is 30.1 Å². The van der Waals surface area contributed by atoms with Crippen molar-refractivity contribution >= 4 is 16.9 Å². The van der Waals surface area contributed by atoms with E-state index in [1.165, 1.54) is 17.4 Å². The maximum absolute atomic E-state index is 11.4. The van der Waals surface area contributed by atoms with Gasteiger partial charge < -0.3 is 9.88 Å². The van der Waals surface area contributed by atoms with Gasteiger partial charge in [-0.25, -0.2) is 4.98 Å². The van der Waals surface area contributed by atoms with E-state index in [4.69, 9.17) is 0 Å². The van der Waals surface area contributed by atoms with Gasteiger partial charge in [-0.3, -0.25) is 4.79 Å². The van der Waals surface area contributed by atoms with Crippen molar-refractivity contribution in [1.82, 2.24) is 14.9 Å². The zero-order chi connectivity index (χ0) is 13.9. The van der Waals surface area contributed by atoms with Crippen molar-refractivity contribution in [3.63, 3.8) is 0 Å². The first kappa shape index (κ1) is 13.2. The number of aromatic amines is 1. The lowest BCUT2D eigenvalue weighted by Gasteiger charge is -2.18. The molecule has 1 aliphatic heterocycles. The Morgan fingerprint density at radius 2 is 2.35 bits per heavy atom. The first-order valence-electron chi connectivity index (χ1n) is 7.40. The minimum atomic E-state index is 0.209. The van der Waals surface area contributed by atoms with Crippen LogP contribution in [0.2, 0.25) is 0 Å². The topological polar surface area (TPSA) is 49.0 Å². The van der Waals surface area contributed by atoms with Crippen molar-refractivity contribution in [3.8, 4) is 0 Å². The van der Waals surface area contributed by atoms with E-state index in [0.29, 0.717) is 5.92 Å². The van der Waals surface area contributed by atoms with Crippen LogP contribution in [0.25, 0.3) is 11.0 Å². The lowest BCUT2D eigenvalue weighted by Crippen LogP contribution is -2.29. The van der Waals surface area contributed by atoms with Crippen molar-refractivity contribution < 1.29 is 4.79 Å². The summed E-state index contributed by atoms with van der Waals surface area (Å²) in [5.41, 5.74) is 2.26. The molecule has 1 aliphatic rings. The highest BCUT2D eigenvalue weighted by Crippen LogP contribution is 2.23. The number of hydrogen-bond acceptors (Lipinski definition) is 2. The van der Waals surface area contributed by atoms with Crippen LogP contribution in [0.4, 0.5) is 0 Å². The van der Waals surface area contributed by atoms with Crippen LogP contribution in [0.1, 0.15) is 31.7 Å². The number of carbonyl (C=O) groups is 1. The van der Waals surface area contributed by atoms with Gasteiger partial charge in [0.25, 0.3) is 0 Å². The van der Waals surface area contributed by atoms with E-state index in [9.17, 15) is 4.79 Å². The van der Waals surface area contributed by atoms with E-state index in [2.05, 4.69) is 22.1 Å². The molecule has 4 heteroatoms. The summed E-state index contributed by atoms with van der Waals surface area (Å²) in [6.45, 7) is 3.49. The second-order valence-electron chi connectivity index (χ2n) is 5.77. The second-order valence-corrected chi connectivity index (χ2v) is 5.77. The molecule has 1 N–H and O–H groups in total. The molecular weight excluding hydrogens is 250 g/mol. The Morgan fingerprint density at radius 1 is 1.45 bits per heavy atom. The van der Waals surface area contributed by atoms with Crippen LogP contribution in [-0.2, 0) is 11.2 Å². The summed E-state index contributed by atoms with van der Waals surface area (Å²) in [5.74, 6) is 0.874. The predicted octanol–water partition coefficient (Wildman–Crippen LogP) is 2.75. The molecule has 1 unspecified atom stereocenters. The molecule has 2 aromatic heterocycles. The van der Waals surface area contributed by atoms with Gasteiger partial charge in [0.15, 0.2) is 0 Å². The van der Waals surface area contributed by atoms with E-state index in [-0.39, 0.29) is 5.91 Å². The molecule has 0 saturated carbocycles. The molecule has 1 amide bonds. The Balaban J connectivity index is 1.66. The summed E-state index contributed by atoms with van der Waals surface area (Å²) < 4.78 is 0. The highest BCUT2D eigenvalue weighted by Gasteiger charge is 2.18. The Kier molecular flexibility index (Phi) is 3.72. The van der Waals surface area contributed by atoms with Crippen LogP contribution < -0.4 is 0 Å². The highest BCUT2D eigenvalue weighted by molar-refractivity contribution is 5.75. The summed E-state index contributed by atoms with van der Waals surface area (Å²) in [6, 6.07) is 4.29. The minimum absolute atomic E-state index is 0.209. The molecule has 2 aromatic rings. The molecule has 1 fully saturated rings. The first-order chi connectivity index (χ1) is 9.72. The average Bonchev–Trinajstić information content (AvgIpc) is 2.76. The smallest absolute Gasteiger partial charge is 0.219 e. The van der Waals surface area contributed by atoms with Gasteiger partial charge in [0, 0.05) is 37.8 Å². The van der Waals surface area contributed by atoms with E-state index < -0.39 is 0 Å². The van der Waals surface area contributed by atoms with Crippen LogP contribution in [0.15, 0.2) is 24.5 Å². The number of hydrogen-bond donors (Lipinski definition) is 1. The summed E-state index contributed by atoms with van der Waals surface area (Å²) in [7, 11) is 0. The van der Waals surface area contributed by atoms with Crippen LogP contribution >= 0.6 is 0 Å². The number of fused-ring (bicyclic) bond motifs is 1. The second kappa shape index (κ2) is 5.65. The maximum Gasteiger partial charge on any atom is 0.219 e. The molecule has 0 radical (unpaired) electrons. The normalized spacial score (nSPS) is 20.1. The van der Waals surface area contributed by atoms with E-state index in [1.54, 1.807) is 6.92 Å². The van der Waals surface area contributed by atoms with Gasteiger partial charge in [-0.05, 0) is 49.3 Å². The van der Waals surface area contributed by atoms with E-state index >= 15 is 0 Å². The standard InChI is InChI=1S/C16H21N3O/c1-12(20)19-7-2-3-13(5-8-19)9-14-10-15-4-6-17-16(15)18-11-14/h4,6,10-11,13H,2-3,5,7-9H2,1H3,(H,17,18). The molecule has 0 aliphatic carbocycles. The quantitative estimate of drug-likeness (QED) is 0.913. The summed E-state index contributed by atoms with van der Waals surface area (Å²) >= 11 is 0. The van der Waals surface area contributed by atoms with E-state index in [0.717, 1.165) is 38.0 Å². The number of aromatic nitrogens is 2. The third kappa shape index (κ3) is 2.84. The predicted molar refractivity (Wildman–Crippen MR) is 79.4 cm³/mol. The van der Waals surface area contributed by atoms with Crippen LogP contribution in [-0.4, -0.2) is 33.9 Å². The van der Waals surface area contributed by atoms with Crippen molar-refractivity contribution in [1.29, 1.82) is 0 Å². The molecule has 20 heavy (non-hydrogen) atoms. The molecule has 106 valence electrons. The van der Waals surface area contributed by atoms with Gasteiger partial charge in [0.1, 0.15) is 5.65 Å². The van der Waals surface area contributed by atoms with Crippen molar-refractivity contribution in [2.24, 2.45) is 5.92 Å². The molecule has 3 heterocycles. The fourth-order valence-corrected chi connectivity index (χ4v) is 3.11. The zero-order valence-corrected chi connectivity index (χ0v) is 11.9. The molecule has 0 bridgehead atoms. The minimum Gasteiger partial charge on any atom is -0.346 e. The molecule has 1 atom stereocenters. The number of likely N-dealkylation sites (tertiary alicyclic amines) is 1. The lowest BCUT2D eigenvalue weighted by atomic mass is 9.93. The molecule has 1 saturated heterocycles. The number of rotatable bonds is 2. The van der Waals surface area contributed by atoms with Gasteiger partial charge in [-0.2, -0.15) is 0 Å². The molecular formula is C16H21N3O. The molecule has 0 aromatic carbocycles. The average molecular weight is 271 g/mol. The largest absolute Gasteiger partial charge is 0.346 e. The first-order valence-corrected chi connectivity index (χ1v) is 7.40. The number of nitrogens with one attached hydrogen (secondary N) is 1. The fraction of sp³-hybridized carbons (Fsp3) is 0.500. The summed E-state index contributed by atoms with van der Waals surface area (Å²) in [6.07, 6.45) is 8.40. The van der Waals surface area contributed by atoms with Gasteiger partial charge in [-0.15, -0.1) is 0 Å². The van der Waals surface area contributed by atoms with Crippen LogP contribution in [0.3, 0.4) is 0 Å². The Bertz CT molecular complexity index is 605. The van der Waals surface area contributed by atoms with Gasteiger partial charge in [0.2, 0.25) is 5.91 Å². The van der Waals surface area contributed by atoms with Crippen molar-refractivity contribution in [2.75, 3.05) is 13.1 Å². The Hall–Kier alpha value is -1.84. The SMILES string of the molecule is CC(=O)N1CCCC(Cc2cnc3[nH]ccc3c2)CC1. The number of H-pyrrole nitrogens is 1. The van der Waals surface area contributed by atoms with E-state index in [1.807, 2.05) is 17.3 Å². The third-order valence-electron chi connectivity index (χ3n) is 4.27. The zero-order valence-electron chi connectivity index (χ0n) is 11.9. The number of amides is 1. The third-order valence-corrected chi connectivity index (χ3v) is 4.27. The van der Waals surface area contributed by atoms with Gasteiger partial charge in [-0.1, -0.05) is 0 Å². The van der Waals surface area contributed by atoms with Crippen LogP contribution in [0, 0.1) is 5.92 Å². The lowest BCUT2D eigenvalue weighted by molar-refractivity contribution is -0.128. The Morgan fingerprint density at radius 3 is 3.20 bits per heavy atom. The molecule has 0 spiro atoms. The van der Waals surface area contributed by atoms with Gasteiger partial charge >= 0.3 is 0 Å². The monoisotopic (exact) mass is 271 g/mol. The number of carbonyl (C=O) groups excluding carboxylic acids is 1. The van der Waals surface area contributed by atoms with Crippen LogP contribution in [0.5, 0.6) is 0 Å². The molecule has 3 rings (SSSR count). The molecule has 4 nitrogen and oxygen atoms in total. The van der Waals surface area contributed by atoms with Gasteiger partial charge in [0.05, 0.1) is 0 Å². The van der Waals surface area contributed by atoms with Crippen molar-refractivity contribution in [2.45, 2.75) is 32.6 Å². The number of pyridine rings is 1. The maximum atomic E-state index is 11.4. The number of nitrogens with zero attached hydrogens (tertiary/aromatic N) is 2. The summed E-state index contributed by atoms with van der Waals surface area (Å²) in [5, 5.41) is 1.18.